The van der Waals surface area contributed by atoms with Gasteiger partial charge >= 0.3 is 12.2 Å². The van der Waals surface area contributed by atoms with E-state index >= 15 is 0 Å². The lowest BCUT2D eigenvalue weighted by Gasteiger charge is -2.32. The Morgan fingerprint density at radius 3 is 2.42 bits per heavy atom. The number of rotatable bonds is 7. The Bertz CT molecular complexity index is 1810. The molecule has 12 heteroatoms. The molecule has 3 amide bonds. The van der Waals surface area contributed by atoms with Gasteiger partial charge in [-0.1, -0.05) is 36.4 Å². The maximum absolute atomic E-state index is 13.5. The van der Waals surface area contributed by atoms with Crippen molar-refractivity contribution in [1.82, 2.24) is 24.3 Å². The fraction of sp³-hybridized carbons (Fsp3) is 0.447. The molecule has 2 aliphatic rings. The van der Waals surface area contributed by atoms with E-state index in [0.29, 0.717) is 61.8 Å². The number of nitrogens with one attached hydrogen (secondary N) is 1. The summed E-state index contributed by atoms with van der Waals surface area (Å²) >= 11 is 0. The maximum atomic E-state index is 13.5. The average molecular weight is 683 g/mol. The molecule has 1 N–H and O–H groups in total. The highest BCUT2D eigenvalue weighted by Gasteiger charge is 2.32. The number of amides is 3. The van der Waals surface area contributed by atoms with Crippen molar-refractivity contribution in [3.8, 4) is 5.75 Å². The largest absolute Gasteiger partial charge is 0.488 e. The second kappa shape index (κ2) is 15.2. The van der Waals surface area contributed by atoms with Crippen molar-refractivity contribution in [2.45, 2.75) is 84.2 Å². The Balaban J connectivity index is 1.25. The summed E-state index contributed by atoms with van der Waals surface area (Å²) in [4.78, 5) is 52.2. The number of hydrogen-bond donors (Lipinski definition) is 1. The highest BCUT2D eigenvalue weighted by Crippen LogP contribution is 2.36. The van der Waals surface area contributed by atoms with E-state index in [-0.39, 0.29) is 36.8 Å². The number of hydrogen-bond acceptors (Lipinski definition) is 8. The molecular weight excluding hydrogens is 636 g/mol. The standard InChI is InChI=1S/C38H46N6O6/c1-26-23-28(16-19-39-26)34(45)41-35-40-31-14-10-15-32(33(31)44(35)29-13-8-9-20-43(24-29)37(47)50-38(2,3)4)49-30-17-21-42(22-18-30)36(46)48-25-27-11-6-5-7-12-27/h5-7,10-12,14-16,19,23,29-30H,8-9,13,17-18,20-22,24-25H2,1-4H3,(H,40,41,45). The van der Waals surface area contributed by atoms with E-state index in [4.69, 9.17) is 19.2 Å². The molecule has 1 atom stereocenters. The molecule has 264 valence electrons. The van der Waals surface area contributed by atoms with Crippen LogP contribution in [0.25, 0.3) is 11.0 Å². The van der Waals surface area contributed by atoms with Crippen molar-refractivity contribution in [2.75, 3.05) is 31.5 Å². The Morgan fingerprint density at radius 1 is 0.900 bits per heavy atom. The number of carbonyl (C=O) groups is 3. The molecule has 1 unspecified atom stereocenters. The quantitative estimate of drug-likeness (QED) is 0.218. The lowest BCUT2D eigenvalue weighted by molar-refractivity contribution is 0.0238. The van der Waals surface area contributed by atoms with Crippen LogP contribution in [0.5, 0.6) is 5.75 Å². The summed E-state index contributed by atoms with van der Waals surface area (Å²) < 4.78 is 20.0. The van der Waals surface area contributed by atoms with Gasteiger partial charge in [-0.05, 0) is 76.8 Å². The predicted molar refractivity (Wildman–Crippen MR) is 189 cm³/mol. The first-order chi connectivity index (χ1) is 24.0. The first kappa shape index (κ1) is 34.7. The van der Waals surface area contributed by atoms with Crippen molar-refractivity contribution in [3.05, 3.63) is 83.7 Å². The zero-order valence-electron chi connectivity index (χ0n) is 29.3. The van der Waals surface area contributed by atoms with Crippen LogP contribution in [0.2, 0.25) is 0 Å². The molecule has 4 aromatic rings. The maximum Gasteiger partial charge on any atom is 0.410 e. The molecule has 0 radical (unpaired) electrons. The molecule has 2 fully saturated rings. The monoisotopic (exact) mass is 682 g/mol. The fourth-order valence-corrected chi connectivity index (χ4v) is 6.49. The molecule has 50 heavy (non-hydrogen) atoms. The van der Waals surface area contributed by atoms with Crippen molar-refractivity contribution >= 4 is 35.1 Å². The number of piperidine rings is 1. The molecule has 12 nitrogen and oxygen atoms in total. The van der Waals surface area contributed by atoms with Gasteiger partial charge in [0, 0.05) is 56.5 Å². The molecule has 0 bridgehead atoms. The van der Waals surface area contributed by atoms with E-state index in [1.54, 1.807) is 28.1 Å². The highest BCUT2D eigenvalue weighted by molar-refractivity contribution is 6.04. The van der Waals surface area contributed by atoms with E-state index in [1.807, 2.05) is 80.8 Å². The topological polar surface area (TPSA) is 128 Å². The summed E-state index contributed by atoms with van der Waals surface area (Å²) in [7, 11) is 0. The lowest BCUT2D eigenvalue weighted by Crippen LogP contribution is -2.42. The number of anilines is 1. The zero-order chi connectivity index (χ0) is 35.3. The number of fused-ring (bicyclic) bond motifs is 1. The SMILES string of the molecule is Cc1cc(C(=O)Nc2nc3cccc(OC4CCN(C(=O)OCc5ccccc5)CC4)c3n2C2CCCCN(C(=O)OC(C)(C)C)C2)ccn1. The van der Waals surface area contributed by atoms with Crippen LogP contribution in [-0.2, 0) is 16.1 Å². The van der Waals surface area contributed by atoms with E-state index < -0.39 is 5.60 Å². The van der Waals surface area contributed by atoms with Gasteiger partial charge in [0.2, 0.25) is 5.95 Å². The van der Waals surface area contributed by atoms with Gasteiger partial charge in [-0.2, -0.15) is 0 Å². The fourth-order valence-electron chi connectivity index (χ4n) is 6.49. The van der Waals surface area contributed by atoms with E-state index in [1.165, 1.54) is 0 Å². The van der Waals surface area contributed by atoms with Crippen LogP contribution < -0.4 is 10.1 Å². The van der Waals surface area contributed by atoms with Gasteiger partial charge in [0.25, 0.3) is 5.91 Å². The van der Waals surface area contributed by atoms with Gasteiger partial charge in [-0.3, -0.25) is 15.1 Å². The first-order valence-electron chi connectivity index (χ1n) is 17.4. The summed E-state index contributed by atoms with van der Waals surface area (Å²) in [6, 6.07) is 18.5. The minimum absolute atomic E-state index is 0.146. The molecule has 4 heterocycles. The van der Waals surface area contributed by atoms with Crippen LogP contribution in [0.3, 0.4) is 0 Å². The van der Waals surface area contributed by atoms with Gasteiger partial charge in [0.05, 0.1) is 11.6 Å². The third kappa shape index (κ3) is 8.53. The third-order valence-electron chi connectivity index (χ3n) is 8.92. The molecule has 2 aliphatic heterocycles. The van der Waals surface area contributed by atoms with Gasteiger partial charge in [-0.15, -0.1) is 0 Å². The molecule has 6 rings (SSSR count). The van der Waals surface area contributed by atoms with E-state index in [0.717, 1.165) is 36.0 Å². The van der Waals surface area contributed by atoms with Crippen molar-refractivity contribution in [1.29, 1.82) is 0 Å². The van der Waals surface area contributed by atoms with Crippen LogP contribution in [0.15, 0.2) is 66.9 Å². The number of benzene rings is 2. The summed E-state index contributed by atoms with van der Waals surface area (Å²) in [5.41, 5.74) is 2.93. The van der Waals surface area contributed by atoms with Crippen LogP contribution >= 0.6 is 0 Å². The van der Waals surface area contributed by atoms with Crippen LogP contribution in [0.4, 0.5) is 15.5 Å². The second-order valence-electron chi connectivity index (χ2n) is 14.0. The number of imidazole rings is 1. The molecular formula is C38H46N6O6. The number of aryl methyl sites for hydroxylation is 1. The van der Waals surface area contributed by atoms with E-state index in [9.17, 15) is 14.4 Å². The lowest BCUT2D eigenvalue weighted by atomic mass is 10.1. The molecule has 0 spiro atoms. The highest BCUT2D eigenvalue weighted by atomic mass is 16.6. The number of para-hydroxylation sites is 1. The number of ether oxygens (including phenoxy) is 3. The van der Waals surface area contributed by atoms with Crippen molar-refractivity contribution in [2.24, 2.45) is 0 Å². The smallest absolute Gasteiger partial charge is 0.410 e. The third-order valence-corrected chi connectivity index (χ3v) is 8.92. The Morgan fingerprint density at radius 2 is 1.68 bits per heavy atom. The number of pyridine rings is 1. The minimum Gasteiger partial charge on any atom is -0.488 e. The summed E-state index contributed by atoms with van der Waals surface area (Å²) in [6.07, 6.45) is 4.50. The number of nitrogens with zero attached hydrogens (tertiary/aromatic N) is 5. The molecule has 0 saturated carbocycles. The Labute approximate surface area is 292 Å². The number of likely N-dealkylation sites (tertiary alicyclic amines) is 2. The van der Waals surface area contributed by atoms with Gasteiger partial charge in [-0.25, -0.2) is 14.6 Å². The van der Waals surface area contributed by atoms with Crippen LogP contribution in [-0.4, -0.2) is 80.3 Å². The molecule has 0 aliphatic carbocycles. The summed E-state index contributed by atoms with van der Waals surface area (Å²) in [6.45, 7) is 9.63. The van der Waals surface area contributed by atoms with Gasteiger partial charge < -0.3 is 28.6 Å². The van der Waals surface area contributed by atoms with Crippen molar-refractivity contribution < 1.29 is 28.6 Å². The van der Waals surface area contributed by atoms with Crippen LogP contribution in [0.1, 0.15) is 80.5 Å². The average Bonchev–Trinajstić information content (AvgIpc) is 3.28. The normalized spacial score (nSPS) is 17.2. The second-order valence-corrected chi connectivity index (χ2v) is 14.0. The van der Waals surface area contributed by atoms with Crippen LogP contribution in [0, 0.1) is 6.92 Å². The summed E-state index contributed by atoms with van der Waals surface area (Å²) in [5.74, 6) is 0.703. The number of carbonyl (C=O) groups excluding carboxylic acids is 3. The van der Waals surface area contributed by atoms with E-state index in [2.05, 4.69) is 10.3 Å². The molecule has 2 aromatic heterocycles. The minimum atomic E-state index is -0.627. The molecule has 2 saturated heterocycles. The molecule has 2 aromatic carbocycles. The Kier molecular flexibility index (Phi) is 10.5. The predicted octanol–water partition coefficient (Wildman–Crippen LogP) is 7.13. The summed E-state index contributed by atoms with van der Waals surface area (Å²) in [5, 5.41) is 3.05. The van der Waals surface area contributed by atoms with Gasteiger partial charge in [0.15, 0.2) is 0 Å². The first-order valence-corrected chi connectivity index (χ1v) is 17.4. The van der Waals surface area contributed by atoms with Gasteiger partial charge in [0.1, 0.15) is 29.6 Å². The Hall–Kier alpha value is -5.13. The van der Waals surface area contributed by atoms with Crippen molar-refractivity contribution in [3.63, 3.8) is 0 Å². The number of aromatic nitrogens is 3. The zero-order valence-corrected chi connectivity index (χ0v) is 29.3.